The predicted molar refractivity (Wildman–Crippen MR) is 65.5 cm³/mol. The van der Waals surface area contributed by atoms with Gasteiger partial charge in [-0.05, 0) is 12.8 Å². The highest BCUT2D eigenvalue weighted by Gasteiger charge is 2.19. The standard InChI is InChI=1S/C14H15NO2/c1-11(16)15-9-5-8-13(10-15)14(17)12-6-3-2-4-7-12/h2-4,6-7,10H,5,8-9H2,1H3. The van der Waals surface area contributed by atoms with Crippen LogP contribution in [0, 0.1) is 0 Å². The van der Waals surface area contributed by atoms with E-state index in [-0.39, 0.29) is 11.7 Å². The van der Waals surface area contributed by atoms with E-state index in [2.05, 4.69) is 0 Å². The summed E-state index contributed by atoms with van der Waals surface area (Å²) in [5.41, 5.74) is 1.40. The minimum Gasteiger partial charge on any atom is -0.319 e. The molecule has 1 aromatic carbocycles. The fraction of sp³-hybridized carbons (Fsp3) is 0.286. The van der Waals surface area contributed by atoms with E-state index in [1.54, 1.807) is 23.2 Å². The van der Waals surface area contributed by atoms with E-state index < -0.39 is 0 Å². The molecule has 1 aromatic rings. The first-order valence-corrected chi connectivity index (χ1v) is 5.76. The smallest absolute Gasteiger partial charge is 0.223 e. The Hall–Kier alpha value is -1.90. The average molecular weight is 229 g/mol. The molecule has 0 bridgehead atoms. The molecule has 17 heavy (non-hydrogen) atoms. The molecule has 0 fully saturated rings. The molecule has 0 aromatic heterocycles. The fourth-order valence-electron chi connectivity index (χ4n) is 1.95. The summed E-state index contributed by atoms with van der Waals surface area (Å²) < 4.78 is 0. The number of hydrogen-bond donors (Lipinski definition) is 0. The average Bonchev–Trinajstić information content (AvgIpc) is 2.39. The first-order valence-electron chi connectivity index (χ1n) is 5.76. The predicted octanol–water partition coefficient (Wildman–Crippen LogP) is 2.40. The largest absolute Gasteiger partial charge is 0.319 e. The van der Waals surface area contributed by atoms with Gasteiger partial charge in [-0.3, -0.25) is 9.59 Å². The maximum absolute atomic E-state index is 12.2. The number of Topliss-reactive ketones (excluding diaryl/α,β-unsaturated/α-hetero) is 1. The molecule has 1 heterocycles. The molecular formula is C14H15NO2. The Balaban J connectivity index is 2.23. The van der Waals surface area contributed by atoms with Crippen LogP contribution in [0.15, 0.2) is 42.1 Å². The van der Waals surface area contributed by atoms with Gasteiger partial charge < -0.3 is 4.90 Å². The van der Waals surface area contributed by atoms with Gasteiger partial charge in [-0.1, -0.05) is 30.3 Å². The van der Waals surface area contributed by atoms with E-state index in [0.29, 0.717) is 12.1 Å². The number of carbonyl (C=O) groups is 2. The van der Waals surface area contributed by atoms with Crippen molar-refractivity contribution in [3.05, 3.63) is 47.7 Å². The summed E-state index contributed by atoms with van der Waals surface area (Å²) >= 11 is 0. The van der Waals surface area contributed by atoms with Crippen LogP contribution in [0.4, 0.5) is 0 Å². The number of benzene rings is 1. The number of rotatable bonds is 2. The van der Waals surface area contributed by atoms with Crippen LogP contribution < -0.4 is 0 Å². The summed E-state index contributed by atoms with van der Waals surface area (Å²) in [4.78, 5) is 25.0. The van der Waals surface area contributed by atoms with Gasteiger partial charge in [0.15, 0.2) is 5.78 Å². The quantitative estimate of drug-likeness (QED) is 0.730. The summed E-state index contributed by atoms with van der Waals surface area (Å²) in [5, 5.41) is 0. The Kier molecular flexibility index (Phi) is 3.38. The molecule has 0 aliphatic carbocycles. The highest BCUT2D eigenvalue weighted by Crippen LogP contribution is 2.19. The van der Waals surface area contributed by atoms with Crippen molar-refractivity contribution in [2.24, 2.45) is 0 Å². The third-order valence-electron chi connectivity index (χ3n) is 2.89. The van der Waals surface area contributed by atoms with Crippen LogP contribution in [-0.2, 0) is 4.79 Å². The number of amides is 1. The van der Waals surface area contributed by atoms with Crippen LogP contribution >= 0.6 is 0 Å². The van der Waals surface area contributed by atoms with Gasteiger partial charge in [-0.2, -0.15) is 0 Å². The number of allylic oxidation sites excluding steroid dienone is 1. The molecule has 0 N–H and O–H groups in total. The minimum atomic E-state index is -0.0111. The molecule has 0 unspecified atom stereocenters. The third kappa shape index (κ3) is 2.61. The highest BCUT2D eigenvalue weighted by molar-refractivity contribution is 6.08. The summed E-state index contributed by atoms with van der Waals surface area (Å²) in [6.45, 7) is 2.23. The molecule has 0 saturated heterocycles. The molecule has 0 spiro atoms. The Labute approximate surface area is 101 Å². The Morgan fingerprint density at radius 1 is 1.18 bits per heavy atom. The lowest BCUT2D eigenvalue weighted by molar-refractivity contribution is -0.126. The van der Waals surface area contributed by atoms with Gasteiger partial charge in [0.05, 0.1) is 0 Å². The number of nitrogens with zero attached hydrogens (tertiary/aromatic N) is 1. The van der Waals surface area contributed by atoms with E-state index >= 15 is 0 Å². The van der Waals surface area contributed by atoms with E-state index in [0.717, 1.165) is 18.4 Å². The summed E-state index contributed by atoms with van der Waals surface area (Å²) in [6, 6.07) is 9.18. The molecule has 1 amide bonds. The summed E-state index contributed by atoms with van der Waals surface area (Å²) in [7, 11) is 0. The second kappa shape index (κ2) is 4.95. The summed E-state index contributed by atoms with van der Waals surface area (Å²) in [5.74, 6) is 0.0135. The van der Waals surface area contributed by atoms with E-state index in [9.17, 15) is 9.59 Å². The van der Waals surface area contributed by atoms with Gasteiger partial charge in [0.2, 0.25) is 5.91 Å². The molecule has 0 atom stereocenters. The maximum atomic E-state index is 12.2. The molecule has 3 heteroatoms. The van der Waals surface area contributed by atoms with Crippen LogP contribution in [0.1, 0.15) is 30.1 Å². The van der Waals surface area contributed by atoms with Gasteiger partial charge in [0, 0.05) is 30.8 Å². The first-order chi connectivity index (χ1) is 8.18. The molecule has 88 valence electrons. The summed E-state index contributed by atoms with van der Waals surface area (Å²) in [6.07, 6.45) is 3.29. The first kappa shape index (κ1) is 11.6. The second-order valence-electron chi connectivity index (χ2n) is 4.17. The molecule has 0 saturated carbocycles. The maximum Gasteiger partial charge on any atom is 0.223 e. The van der Waals surface area contributed by atoms with E-state index in [1.807, 2.05) is 18.2 Å². The van der Waals surface area contributed by atoms with Crippen LogP contribution in [0.5, 0.6) is 0 Å². The van der Waals surface area contributed by atoms with Crippen molar-refractivity contribution in [3.63, 3.8) is 0 Å². The SMILES string of the molecule is CC(=O)N1C=C(C(=O)c2ccccc2)CCC1. The van der Waals surface area contributed by atoms with Gasteiger partial charge in [0.25, 0.3) is 0 Å². The Morgan fingerprint density at radius 3 is 2.53 bits per heavy atom. The third-order valence-corrected chi connectivity index (χ3v) is 2.89. The lowest BCUT2D eigenvalue weighted by atomic mass is 9.98. The molecule has 0 radical (unpaired) electrons. The van der Waals surface area contributed by atoms with Gasteiger partial charge in [0.1, 0.15) is 0 Å². The number of carbonyl (C=O) groups excluding carboxylic acids is 2. The fourth-order valence-corrected chi connectivity index (χ4v) is 1.95. The van der Waals surface area contributed by atoms with Crippen molar-refractivity contribution in [3.8, 4) is 0 Å². The second-order valence-corrected chi connectivity index (χ2v) is 4.17. The minimum absolute atomic E-state index is 0.0111. The number of ketones is 1. The zero-order valence-corrected chi connectivity index (χ0v) is 9.85. The van der Waals surface area contributed by atoms with Gasteiger partial charge in [-0.15, -0.1) is 0 Å². The highest BCUT2D eigenvalue weighted by atomic mass is 16.2. The Bertz CT molecular complexity index is 462. The molecule has 3 nitrogen and oxygen atoms in total. The van der Waals surface area contributed by atoms with Crippen molar-refractivity contribution in [2.75, 3.05) is 6.54 Å². The van der Waals surface area contributed by atoms with Crippen molar-refractivity contribution in [2.45, 2.75) is 19.8 Å². The van der Waals surface area contributed by atoms with Crippen molar-refractivity contribution >= 4 is 11.7 Å². The molecular weight excluding hydrogens is 214 g/mol. The number of hydrogen-bond acceptors (Lipinski definition) is 2. The molecule has 2 rings (SSSR count). The van der Waals surface area contributed by atoms with Gasteiger partial charge >= 0.3 is 0 Å². The van der Waals surface area contributed by atoms with Crippen molar-refractivity contribution < 1.29 is 9.59 Å². The monoisotopic (exact) mass is 229 g/mol. The topological polar surface area (TPSA) is 37.4 Å². The van der Waals surface area contributed by atoms with E-state index in [4.69, 9.17) is 0 Å². The van der Waals surface area contributed by atoms with E-state index in [1.165, 1.54) is 6.92 Å². The van der Waals surface area contributed by atoms with Crippen LogP contribution in [-0.4, -0.2) is 23.1 Å². The zero-order chi connectivity index (χ0) is 12.3. The molecule has 1 aliphatic heterocycles. The van der Waals surface area contributed by atoms with Crippen LogP contribution in [0.3, 0.4) is 0 Å². The normalized spacial score (nSPS) is 15.4. The van der Waals surface area contributed by atoms with Crippen LogP contribution in [0.25, 0.3) is 0 Å². The van der Waals surface area contributed by atoms with Gasteiger partial charge in [-0.25, -0.2) is 0 Å². The Morgan fingerprint density at radius 2 is 1.88 bits per heavy atom. The molecule has 1 aliphatic rings. The van der Waals surface area contributed by atoms with Crippen molar-refractivity contribution in [1.29, 1.82) is 0 Å². The van der Waals surface area contributed by atoms with Crippen molar-refractivity contribution in [1.82, 2.24) is 4.90 Å². The lowest BCUT2D eigenvalue weighted by Gasteiger charge is -2.23. The van der Waals surface area contributed by atoms with Crippen LogP contribution in [0.2, 0.25) is 0 Å². The lowest BCUT2D eigenvalue weighted by Crippen LogP contribution is -2.28. The zero-order valence-electron chi connectivity index (χ0n) is 9.85.